The normalized spacial score (nSPS) is 23.3. The van der Waals surface area contributed by atoms with Crippen LogP contribution in [0.2, 0.25) is 0 Å². The third-order valence-corrected chi connectivity index (χ3v) is 6.38. The Morgan fingerprint density at radius 2 is 2.03 bits per heavy atom. The molecule has 9 heteroatoms. The fourth-order valence-corrected chi connectivity index (χ4v) is 4.96. The molecule has 2 saturated heterocycles. The van der Waals surface area contributed by atoms with E-state index < -0.39 is 17.5 Å². The molecule has 0 radical (unpaired) electrons. The average molecular weight is 433 g/mol. The SMILES string of the molecule is O=C(O)C=C(C(=O)O)C12CCCC(CN(c3ccc(-c4ccc5[nH]ccc5c4)nn3)C1)N2. The van der Waals surface area contributed by atoms with Crippen LogP contribution in [0, 0.1) is 0 Å². The predicted molar refractivity (Wildman–Crippen MR) is 118 cm³/mol. The number of piperidine rings is 1. The van der Waals surface area contributed by atoms with Gasteiger partial charge in [0.05, 0.1) is 16.8 Å². The number of nitrogens with zero attached hydrogens (tertiary/aromatic N) is 3. The third kappa shape index (κ3) is 3.60. The molecule has 1 aromatic carbocycles. The highest BCUT2D eigenvalue weighted by molar-refractivity contribution is 5.97. The smallest absolute Gasteiger partial charge is 0.333 e. The fraction of sp³-hybridized carbons (Fsp3) is 0.304. The molecule has 4 N–H and O–H groups in total. The molecule has 2 aromatic heterocycles. The summed E-state index contributed by atoms with van der Waals surface area (Å²) in [6.45, 7) is 0.976. The second-order valence-electron chi connectivity index (χ2n) is 8.45. The van der Waals surface area contributed by atoms with Gasteiger partial charge in [0.1, 0.15) is 0 Å². The van der Waals surface area contributed by atoms with Crippen molar-refractivity contribution in [2.45, 2.75) is 30.8 Å². The van der Waals surface area contributed by atoms with Crippen LogP contribution in [0.3, 0.4) is 0 Å². The van der Waals surface area contributed by atoms with Gasteiger partial charge in [-0.25, -0.2) is 9.59 Å². The number of rotatable bonds is 5. The zero-order valence-corrected chi connectivity index (χ0v) is 17.3. The first kappa shape index (κ1) is 20.2. The molecule has 2 bridgehead atoms. The number of carbonyl (C=O) groups is 2. The van der Waals surface area contributed by atoms with E-state index in [1.165, 1.54) is 0 Å². The minimum absolute atomic E-state index is 0.0477. The lowest BCUT2D eigenvalue weighted by atomic mass is 9.76. The molecule has 0 aliphatic carbocycles. The van der Waals surface area contributed by atoms with Crippen LogP contribution in [0.5, 0.6) is 0 Å². The second-order valence-corrected chi connectivity index (χ2v) is 8.45. The van der Waals surface area contributed by atoms with Crippen LogP contribution in [-0.4, -0.2) is 62.0 Å². The van der Waals surface area contributed by atoms with Crippen molar-refractivity contribution < 1.29 is 19.8 Å². The van der Waals surface area contributed by atoms with Gasteiger partial charge in [-0.05, 0) is 49.6 Å². The van der Waals surface area contributed by atoms with Crippen LogP contribution < -0.4 is 10.2 Å². The molecule has 164 valence electrons. The molecule has 2 unspecified atom stereocenters. The lowest BCUT2D eigenvalue weighted by Gasteiger charge is -2.51. The Balaban J connectivity index is 1.44. The number of aromatic amines is 1. The minimum Gasteiger partial charge on any atom is -0.478 e. The first-order chi connectivity index (χ1) is 15.4. The summed E-state index contributed by atoms with van der Waals surface area (Å²) in [5.41, 5.74) is 1.70. The number of carboxylic acid groups (broad SMARTS) is 2. The number of piperazine rings is 1. The Morgan fingerprint density at radius 3 is 2.78 bits per heavy atom. The van der Waals surface area contributed by atoms with Gasteiger partial charge in [0.25, 0.3) is 0 Å². The van der Waals surface area contributed by atoms with Crippen molar-refractivity contribution in [3.8, 4) is 11.3 Å². The summed E-state index contributed by atoms with van der Waals surface area (Å²) in [5.74, 6) is -1.83. The van der Waals surface area contributed by atoms with Crippen molar-refractivity contribution in [2.24, 2.45) is 0 Å². The fourth-order valence-electron chi connectivity index (χ4n) is 4.96. The molecule has 2 aliphatic rings. The van der Waals surface area contributed by atoms with Gasteiger partial charge in [-0.1, -0.05) is 6.07 Å². The summed E-state index contributed by atoms with van der Waals surface area (Å²) in [5, 5.41) is 32.3. The summed E-state index contributed by atoms with van der Waals surface area (Å²) >= 11 is 0. The standard InChI is InChI=1S/C23H23N5O4/c29-21(30)11-17(22(31)32)23-8-1-2-16(25-23)12-28(13-23)20-6-5-19(26-27-20)14-3-4-18-15(10-14)7-9-24-18/h3-7,9-11,16,24-25H,1-2,8,12-13H2,(H,29,30)(H,31,32). The van der Waals surface area contributed by atoms with E-state index in [1.54, 1.807) is 0 Å². The van der Waals surface area contributed by atoms with E-state index in [1.807, 2.05) is 41.4 Å². The van der Waals surface area contributed by atoms with Crippen LogP contribution in [0.4, 0.5) is 5.82 Å². The van der Waals surface area contributed by atoms with E-state index >= 15 is 0 Å². The highest BCUT2D eigenvalue weighted by Gasteiger charge is 2.47. The van der Waals surface area contributed by atoms with Gasteiger partial charge in [0.2, 0.25) is 0 Å². The molecule has 3 aromatic rings. The summed E-state index contributed by atoms with van der Waals surface area (Å²) in [6.07, 6.45) is 4.98. The largest absolute Gasteiger partial charge is 0.478 e. The van der Waals surface area contributed by atoms with Crippen LogP contribution >= 0.6 is 0 Å². The Labute approximate surface area is 183 Å². The molecule has 2 atom stereocenters. The van der Waals surface area contributed by atoms with E-state index in [0.717, 1.165) is 41.1 Å². The second kappa shape index (κ2) is 7.76. The number of H-pyrrole nitrogens is 1. The number of carboxylic acids is 2. The molecule has 2 aliphatic heterocycles. The van der Waals surface area contributed by atoms with Gasteiger partial charge in [-0.3, -0.25) is 0 Å². The summed E-state index contributed by atoms with van der Waals surface area (Å²) in [6, 6.07) is 11.9. The van der Waals surface area contributed by atoms with Crippen LogP contribution in [0.15, 0.2) is 54.2 Å². The van der Waals surface area contributed by atoms with Crippen molar-refractivity contribution >= 4 is 28.7 Å². The molecule has 0 saturated carbocycles. The van der Waals surface area contributed by atoms with Crippen LogP contribution in [-0.2, 0) is 9.59 Å². The van der Waals surface area contributed by atoms with E-state index in [9.17, 15) is 19.8 Å². The molecular formula is C23H23N5O4. The molecule has 0 spiro atoms. The molecule has 0 amide bonds. The number of hydrogen-bond acceptors (Lipinski definition) is 6. The van der Waals surface area contributed by atoms with Crippen LogP contribution in [0.1, 0.15) is 19.3 Å². The first-order valence-electron chi connectivity index (χ1n) is 10.6. The number of nitrogens with one attached hydrogen (secondary N) is 2. The van der Waals surface area contributed by atoms with E-state index in [0.29, 0.717) is 25.3 Å². The third-order valence-electron chi connectivity index (χ3n) is 6.38. The topological polar surface area (TPSA) is 131 Å². The van der Waals surface area contributed by atoms with Gasteiger partial charge < -0.3 is 25.4 Å². The number of aromatic nitrogens is 3. The molecular weight excluding hydrogens is 410 g/mol. The average Bonchev–Trinajstić information content (AvgIpc) is 3.25. The first-order valence-corrected chi connectivity index (χ1v) is 10.6. The monoisotopic (exact) mass is 433 g/mol. The number of aliphatic carboxylic acids is 2. The van der Waals surface area contributed by atoms with E-state index in [2.05, 4.69) is 26.6 Å². The molecule has 4 heterocycles. The van der Waals surface area contributed by atoms with Gasteiger partial charge in [0.15, 0.2) is 5.82 Å². The zero-order chi connectivity index (χ0) is 22.3. The van der Waals surface area contributed by atoms with Crippen molar-refractivity contribution in [1.82, 2.24) is 20.5 Å². The zero-order valence-electron chi connectivity index (χ0n) is 17.3. The van der Waals surface area contributed by atoms with Gasteiger partial charge in [-0.2, -0.15) is 0 Å². The van der Waals surface area contributed by atoms with Crippen molar-refractivity contribution in [1.29, 1.82) is 0 Å². The summed E-state index contributed by atoms with van der Waals surface area (Å²) < 4.78 is 0. The maximum Gasteiger partial charge on any atom is 0.333 e. The highest BCUT2D eigenvalue weighted by Crippen LogP contribution is 2.36. The number of fused-ring (bicyclic) bond motifs is 3. The molecule has 2 fully saturated rings. The summed E-state index contributed by atoms with van der Waals surface area (Å²) in [7, 11) is 0. The Morgan fingerprint density at radius 1 is 1.16 bits per heavy atom. The minimum atomic E-state index is -1.26. The number of anilines is 1. The number of hydrogen-bond donors (Lipinski definition) is 4. The Kier molecular flexibility index (Phi) is 4.90. The maximum absolute atomic E-state index is 11.9. The van der Waals surface area contributed by atoms with E-state index in [-0.39, 0.29) is 11.6 Å². The van der Waals surface area contributed by atoms with E-state index in [4.69, 9.17) is 0 Å². The van der Waals surface area contributed by atoms with Crippen molar-refractivity contribution in [2.75, 3.05) is 18.0 Å². The predicted octanol–water partition coefficient (Wildman–Crippen LogP) is 2.42. The van der Waals surface area contributed by atoms with Gasteiger partial charge in [-0.15, -0.1) is 10.2 Å². The van der Waals surface area contributed by atoms with Gasteiger partial charge in [0, 0.05) is 47.9 Å². The summed E-state index contributed by atoms with van der Waals surface area (Å²) in [4.78, 5) is 28.4. The van der Waals surface area contributed by atoms with Gasteiger partial charge >= 0.3 is 11.9 Å². The maximum atomic E-state index is 11.9. The lowest BCUT2D eigenvalue weighted by Crippen LogP contribution is -2.68. The lowest BCUT2D eigenvalue weighted by molar-refractivity contribution is -0.136. The Hall–Kier alpha value is -3.72. The Bertz CT molecular complexity index is 1220. The molecule has 9 nitrogen and oxygen atoms in total. The highest BCUT2D eigenvalue weighted by atomic mass is 16.4. The van der Waals surface area contributed by atoms with Crippen molar-refractivity contribution in [3.63, 3.8) is 0 Å². The quantitative estimate of drug-likeness (QED) is 0.451. The van der Waals surface area contributed by atoms with Crippen LogP contribution in [0.25, 0.3) is 22.2 Å². The molecule has 5 rings (SSSR count). The van der Waals surface area contributed by atoms with Crippen molar-refractivity contribution in [3.05, 3.63) is 54.2 Å². The molecule has 32 heavy (non-hydrogen) atoms. The number of benzene rings is 1.